The number of aryl methyl sites for hydroxylation is 2. The maximum Gasteiger partial charge on any atom is 0.417 e. The van der Waals surface area contributed by atoms with Crippen molar-refractivity contribution in [3.63, 3.8) is 0 Å². The Bertz CT molecular complexity index is 2150. The van der Waals surface area contributed by atoms with E-state index in [2.05, 4.69) is 37.6 Å². The van der Waals surface area contributed by atoms with E-state index < -0.39 is 28.8 Å². The van der Waals surface area contributed by atoms with Crippen LogP contribution in [0.15, 0.2) is 77.6 Å². The molecule has 2 aromatic heterocycles. The van der Waals surface area contributed by atoms with Crippen molar-refractivity contribution in [2.45, 2.75) is 54.3 Å². The number of H-pyrrole nitrogens is 1. The summed E-state index contributed by atoms with van der Waals surface area (Å²) in [5, 5.41) is 10.3. The molecular formula is C40H41F3N4O4. The molecule has 8 nitrogen and oxygen atoms in total. The van der Waals surface area contributed by atoms with Gasteiger partial charge in [0.1, 0.15) is 28.8 Å². The van der Waals surface area contributed by atoms with Gasteiger partial charge in [0, 0.05) is 22.9 Å². The number of pyridine rings is 1. The van der Waals surface area contributed by atoms with Crippen molar-refractivity contribution in [1.29, 1.82) is 5.26 Å². The number of nitrogens with one attached hydrogen (secondary N) is 1. The predicted octanol–water partition coefficient (Wildman–Crippen LogP) is 8.87. The minimum absolute atomic E-state index is 0.0162. The quantitative estimate of drug-likeness (QED) is 0.131. The molecule has 0 spiro atoms. The molecule has 1 N–H and O–H groups in total. The maximum atomic E-state index is 14.0. The van der Waals surface area contributed by atoms with Crippen LogP contribution in [0.2, 0.25) is 0 Å². The van der Waals surface area contributed by atoms with Gasteiger partial charge in [-0.15, -0.1) is 0 Å². The summed E-state index contributed by atoms with van der Waals surface area (Å²) in [7, 11) is 0. The number of halogens is 3. The molecule has 0 fully saturated rings. The normalized spacial score (nSPS) is 11.9. The van der Waals surface area contributed by atoms with E-state index in [4.69, 9.17) is 9.47 Å². The minimum atomic E-state index is -4.91. The molecule has 0 saturated carbocycles. The highest BCUT2D eigenvalue weighted by Crippen LogP contribution is 2.35. The molecule has 51 heavy (non-hydrogen) atoms. The summed E-state index contributed by atoms with van der Waals surface area (Å²) in [6, 6.07) is 21.2. The molecule has 0 saturated heterocycles. The number of nitrogens with zero attached hydrogens (tertiary/aromatic N) is 3. The third kappa shape index (κ3) is 8.52. The van der Waals surface area contributed by atoms with Crippen LogP contribution < -0.4 is 10.3 Å². The molecule has 266 valence electrons. The number of rotatable bonds is 12. The predicted molar refractivity (Wildman–Crippen MR) is 191 cm³/mol. The molecule has 5 aromatic rings. The molecule has 0 atom stereocenters. The molecule has 0 radical (unpaired) electrons. The van der Waals surface area contributed by atoms with Gasteiger partial charge in [0.05, 0.1) is 24.4 Å². The topological polar surface area (TPSA) is 100 Å². The first-order valence-corrected chi connectivity index (χ1v) is 16.7. The van der Waals surface area contributed by atoms with Gasteiger partial charge in [0.2, 0.25) is 0 Å². The molecule has 0 aliphatic rings. The van der Waals surface area contributed by atoms with E-state index in [1.54, 1.807) is 48.5 Å². The lowest BCUT2D eigenvalue weighted by atomic mass is 9.94. The molecular weight excluding hydrogens is 657 g/mol. The average Bonchev–Trinajstić information content (AvgIpc) is 3.51. The van der Waals surface area contributed by atoms with Gasteiger partial charge in [0.15, 0.2) is 0 Å². The second-order valence-electron chi connectivity index (χ2n) is 13.5. The number of nitriles is 1. The van der Waals surface area contributed by atoms with Crippen molar-refractivity contribution in [2.75, 3.05) is 26.2 Å². The summed E-state index contributed by atoms with van der Waals surface area (Å²) in [6.07, 6.45) is -4.91. The first-order chi connectivity index (χ1) is 24.1. The van der Waals surface area contributed by atoms with Crippen LogP contribution in [0.4, 0.5) is 13.2 Å². The Kier molecular flexibility index (Phi) is 10.8. The van der Waals surface area contributed by atoms with E-state index >= 15 is 0 Å². The number of alkyl halides is 3. The highest BCUT2D eigenvalue weighted by molar-refractivity contribution is 5.95. The van der Waals surface area contributed by atoms with Crippen LogP contribution in [0.3, 0.4) is 0 Å². The maximum absolute atomic E-state index is 14.0. The number of carbonyl (C=O) groups excluding carboxylic acids is 1. The second kappa shape index (κ2) is 14.9. The van der Waals surface area contributed by atoms with Gasteiger partial charge in [-0.05, 0) is 98.2 Å². The van der Waals surface area contributed by atoms with Gasteiger partial charge < -0.3 is 23.9 Å². The minimum Gasteiger partial charge on any atom is -0.460 e. The Morgan fingerprint density at radius 3 is 2.25 bits per heavy atom. The Balaban J connectivity index is 1.38. The molecule has 0 unspecified atom stereocenters. The van der Waals surface area contributed by atoms with Gasteiger partial charge in [-0.3, -0.25) is 4.79 Å². The molecule has 3 aromatic carbocycles. The first kappa shape index (κ1) is 36.9. The van der Waals surface area contributed by atoms with Crippen LogP contribution in [0.1, 0.15) is 66.0 Å². The summed E-state index contributed by atoms with van der Waals surface area (Å²) in [5.74, 6) is 0.417. The van der Waals surface area contributed by atoms with Crippen LogP contribution in [0.5, 0.6) is 11.5 Å². The van der Waals surface area contributed by atoms with Gasteiger partial charge in [-0.2, -0.15) is 18.4 Å². The number of esters is 1. The highest BCUT2D eigenvalue weighted by Gasteiger charge is 2.36. The molecule has 5 rings (SSSR count). The van der Waals surface area contributed by atoms with Crippen LogP contribution in [-0.4, -0.2) is 46.7 Å². The van der Waals surface area contributed by atoms with E-state index in [-0.39, 0.29) is 24.3 Å². The fourth-order valence-electron chi connectivity index (χ4n) is 6.12. The first-order valence-electron chi connectivity index (χ1n) is 16.7. The highest BCUT2D eigenvalue weighted by atomic mass is 19.4. The lowest BCUT2D eigenvalue weighted by molar-refractivity contribution is -0.137. The number of benzene rings is 3. The standard InChI is InChI=1S/C40H41F3N4O4/c1-7-46(8-2)23-39(5,6)24-50-38(49)35-19-29-18-31(15-16-34(29)45-35)51-30-13-11-27(12-14-30)36-20-33(40(41,42)43)32(21-44)37(48)47(36)22-28-10-9-25(3)17-26(28)4/h9-20,45H,7-8,22-24H2,1-6H3. The summed E-state index contributed by atoms with van der Waals surface area (Å²) in [6.45, 7) is 15.0. The number of hydrogen-bond acceptors (Lipinski definition) is 6. The molecule has 0 amide bonds. The summed E-state index contributed by atoms with van der Waals surface area (Å²) >= 11 is 0. The fraction of sp³-hybridized carbons (Fsp3) is 0.325. The van der Waals surface area contributed by atoms with E-state index in [1.165, 1.54) is 10.6 Å². The smallest absolute Gasteiger partial charge is 0.417 e. The van der Waals surface area contributed by atoms with Crippen molar-refractivity contribution in [3.8, 4) is 28.8 Å². The van der Waals surface area contributed by atoms with Gasteiger partial charge in [-0.25, -0.2) is 4.79 Å². The zero-order valence-electron chi connectivity index (χ0n) is 29.6. The second-order valence-corrected chi connectivity index (χ2v) is 13.5. The van der Waals surface area contributed by atoms with Crippen molar-refractivity contribution in [3.05, 3.63) is 117 Å². The SMILES string of the molecule is CCN(CC)CC(C)(C)COC(=O)c1cc2cc(Oc3ccc(-c4cc(C(F)(F)F)c(C#N)c(=O)n4Cc4ccc(C)cc4C)cc3)ccc2[nH]1. The van der Waals surface area contributed by atoms with Crippen LogP contribution >= 0.6 is 0 Å². The molecule has 2 heterocycles. The Hall–Kier alpha value is -5.34. The van der Waals surface area contributed by atoms with Crippen molar-refractivity contribution < 1.29 is 27.4 Å². The fourth-order valence-corrected chi connectivity index (χ4v) is 6.12. The summed E-state index contributed by atoms with van der Waals surface area (Å²) < 4.78 is 55.1. The molecule has 0 aliphatic heterocycles. The number of aromatic amines is 1. The van der Waals surface area contributed by atoms with Crippen LogP contribution in [-0.2, 0) is 17.5 Å². The van der Waals surface area contributed by atoms with Crippen LogP contribution in [0, 0.1) is 30.6 Å². The zero-order valence-corrected chi connectivity index (χ0v) is 29.6. The molecule has 0 bridgehead atoms. The Morgan fingerprint density at radius 2 is 1.63 bits per heavy atom. The molecule has 11 heteroatoms. The third-order valence-corrected chi connectivity index (χ3v) is 8.88. The van der Waals surface area contributed by atoms with Crippen LogP contribution in [0.25, 0.3) is 22.2 Å². The number of aromatic nitrogens is 2. The summed E-state index contributed by atoms with van der Waals surface area (Å²) in [5.41, 5.74) is 0.525. The molecule has 0 aliphatic carbocycles. The number of hydrogen-bond donors (Lipinski definition) is 1. The zero-order chi connectivity index (χ0) is 37.1. The van der Waals surface area contributed by atoms with Gasteiger partial charge in [-0.1, -0.05) is 51.5 Å². The van der Waals surface area contributed by atoms with E-state index in [1.807, 2.05) is 32.0 Å². The monoisotopic (exact) mass is 698 g/mol. The van der Waals surface area contributed by atoms with Crippen molar-refractivity contribution in [2.24, 2.45) is 5.41 Å². The third-order valence-electron chi connectivity index (χ3n) is 8.88. The average molecular weight is 699 g/mol. The number of carbonyl (C=O) groups is 1. The number of ether oxygens (including phenoxy) is 2. The van der Waals surface area contributed by atoms with Gasteiger partial charge >= 0.3 is 12.1 Å². The Morgan fingerprint density at radius 1 is 0.941 bits per heavy atom. The van der Waals surface area contributed by atoms with E-state index in [0.717, 1.165) is 53.3 Å². The largest absolute Gasteiger partial charge is 0.460 e. The lowest BCUT2D eigenvalue weighted by Crippen LogP contribution is -2.37. The Labute approximate surface area is 295 Å². The number of fused-ring (bicyclic) bond motifs is 1. The lowest BCUT2D eigenvalue weighted by Gasteiger charge is -2.30. The van der Waals surface area contributed by atoms with Crippen molar-refractivity contribution in [1.82, 2.24) is 14.5 Å². The van der Waals surface area contributed by atoms with Crippen molar-refractivity contribution >= 4 is 16.9 Å². The van der Waals surface area contributed by atoms with E-state index in [9.17, 15) is 28.0 Å². The summed E-state index contributed by atoms with van der Waals surface area (Å²) in [4.78, 5) is 31.7. The van der Waals surface area contributed by atoms with E-state index in [0.29, 0.717) is 22.8 Å². The van der Waals surface area contributed by atoms with Gasteiger partial charge in [0.25, 0.3) is 5.56 Å².